The number of nitrogens with zero attached hydrogens (tertiary/aromatic N) is 6. The van der Waals surface area contributed by atoms with Gasteiger partial charge < -0.3 is 19.4 Å². The summed E-state index contributed by atoms with van der Waals surface area (Å²) in [5, 5.41) is 15.4. The Hall–Kier alpha value is -3.45. The Kier molecular flexibility index (Phi) is 6.68. The third-order valence-corrected chi connectivity index (χ3v) is 7.49. The molecule has 5 rings (SSSR count). The Morgan fingerprint density at radius 2 is 2.00 bits per heavy atom. The lowest BCUT2D eigenvalue weighted by Crippen LogP contribution is -2.49. The highest BCUT2D eigenvalue weighted by Crippen LogP contribution is 2.35. The van der Waals surface area contributed by atoms with E-state index in [1.165, 1.54) is 0 Å². The second-order valence-corrected chi connectivity index (χ2v) is 9.58. The number of hydrogen-bond donors (Lipinski definition) is 1. The van der Waals surface area contributed by atoms with E-state index < -0.39 is 0 Å². The van der Waals surface area contributed by atoms with Gasteiger partial charge in [0.15, 0.2) is 0 Å². The van der Waals surface area contributed by atoms with Crippen LogP contribution in [0.3, 0.4) is 0 Å². The van der Waals surface area contributed by atoms with Crippen LogP contribution in [0.1, 0.15) is 43.2 Å². The highest BCUT2D eigenvalue weighted by Gasteiger charge is 2.39. The molecular weight excluding hydrogens is 446 g/mol. The number of amides is 1. The lowest BCUT2D eigenvalue weighted by Gasteiger charge is -2.36. The standard InChI is InChI=1S/C25H31N7O3/c1-17-21(16-28-29-25(17)34)32-8-2-3-20(32)22-6-5-19(35-22)13-24(33)31-11-9-30(10-12-31)23-7-4-18(14-26)15-27-23/h4,7,15-16,19-20,22H,2-3,5-6,8-13H2,1H3,(H,29,34)/t19-,20-,22-/m0/s1. The van der Waals surface area contributed by atoms with E-state index in [4.69, 9.17) is 10.00 Å². The zero-order valence-electron chi connectivity index (χ0n) is 20.0. The molecule has 2 aromatic heterocycles. The van der Waals surface area contributed by atoms with Crippen molar-refractivity contribution in [2.45, 2.75) is 57.3 Å². The van der Waals surface area contributed by atoms with Crippen molar-refractivity contribution in [3.63, 3.8) is 0 Å². The molecule has 1 N–H and O–H groups in total. The molecule has 3 fully saturated rings. The highest BCUT2D eigenvalue weighted by atomic mass is 16.5. The van der Waals surface area contributed by atoms with Crippen LogP contribution in [-0.4, -0.2) is 77.0 Å². The summed E-state index contributed by atoms with van der Waals surface area (Å²) in [6, 6.07) is 5.92. The Balaban J connectivity index is 1.13. The first-order chi connectivity index (χ1) is 17.0. The van der Waals surface area contributed by atoms with Crippen LogP contribution in [0.5, 0.6) is 0 Å². The maximum Gasteiger partial charge on any atom is 0.269 e. The fourth-order valence-electron chi connectivity index (χ4n) is 5.53. The van der Waals surface area contributed by atoms with Crippen LogP contribution >= 0.6 is 0 Å². The normalized spacial score (nSPS) is 24.6. The first-order valence-electron chi connectivity index (χ1n) is 12.4. The summed E-state index contributed by atoms with van der Waals surface area (Å²) in [6.45, 7) is 5.47. The number of ether oxygens (including phenoxy) is 1. The van der Waals surface area contributed by atoms with Crippen molar-refractivity contribution in [1.29, 1.82) is 5.26 Å². The second kappa shape index (κ2) is 10.0. The first kappa shape index (κ1) is 23.3. The molecule has 1 amide bonds. The quantitative estimate of drug-likeness (QED) is 0.690. The minimum absolute atomic E-state index is 0.0632. The number of pyridine rings is 1. The Morgan fingerprint density at radius 3 is 2.74 bits per heavy atom. The van der Waals surface area contributed by atoms with Crippen molar-refractivity contribution in [1.82, 2.24) is 20.1 Å². The number of anilines is 2. The van der Waals surface area contributed by atoms with Gasteiger partial charge >= 0.3 is 0 Å². The van der Waals surface area contributed by atoms with Crippen molar-refractivity contribution < 1.29 is 9.53 Å². The molecule has 0 aromatic carbocycles. The maximum absolute atomic E-state index is 13.0. The Morgan fingerprint density at radius 1 is 1.17 bits per heavy atom. The van der Waals surface area contributed by atoms with E-state index >= 15 is 0 Å². The fourth-order valence-corrected chi connectivity index (χ4v) is 5.53. The van der Waals surface area contributed by atoms with Gasteiger partial charge in [0.1, 0.15) is 11.9 Å². The van der Waals surface area contributed by atoms with Crippen molar-refractivity contribution in [2.24, 2.45) is 0 Å². The summed E-state index contributed by atoms with van der Waals surface area (Å²) in [6.07, 6.45) is 7.60. The van der Waals surface area contributed by atoms with Gasteiger partial charge in [0, 0.05) is 44.5 Å². The molecule has 5 heterocycles. The van der Waals surface area contributed by atoms with Crippen LogP contribution in [-0.2, 0) is 9.53 Å². The van der Waals surface area contributed by atoms with E-state index in [0.29, 0.717) is 30.6 Å². The average Bonchev–Trinajstić information content (AvgIpc) is 3.55. The third-order valence-electron chi connectivity index (χ3n) is 7.49. The monoisotopic (exact) mass is 477 g/mol. The first-order valence-corrected chi connectivity index (χ1v) is 12.4. The molecule has 0 unspecified atom stereocenters. The highest BCUT2D eigenvalue weighted by molar-refractivity contribution is 5.77. The summed E-state index contributed by atoms with van der Waals surface area (Å²) in [7, 11) is 0. The molecule has 2 aromatic rings. The van der Waals surface area contributed by atoms with Gasteiger partial charge in [0.2, 0.25) is 5.91 Å². The molecule has 0 spiro atoms. The van der Waals surface area contributed by atoms with E-state index in [1.54, 1.807) is 18.5 Å². The van der Waals surface area contributed by atoms with Crippen LogP contribution in [0.2, 0.25) is 0 Å². The molecule has 0 radical (unpaired) electrons. The van der Waals surface area contributed by atoms with Gasteiger partial charge in [-0.15, -0.1) is 0 Å². The Bertz CT molecular complexity index is 1150. The number of piperazine rings is 1. The van der Waals surface area contributed by atoms with E-state index in [1.807, 2.05) is 17.9 Å². The van der Waals surface area contributed by atoms with Crippen LogP contribution in [0, 0.1) is 18.3 Å². The van der Waals surface area contributed by atoms with Gasteiger partial charge in [0.05, 0.1) is 42.1 Å². The summed E-state index contributed by atoms with van der Waals surface area (Å²) < 4.78 is 6.40. The molecule has 10 nitrogen and oxygen atoms in total. The van der Waals surface area contributed by atoms with Crippen LogP contribution in [0.15, 0.2) is 29.3 Å². The lowest BCUT2D eigenvalue weighted by molar-refractivity contribution is -0.134. The maximum atomic E-state index is 13.0. The number of H-pyrrole nitrogens is 1. The average molecular weight is 478 g/mol. The van der Waals surface area contributed by atoms with Gasteiger partial charge in [-0.1, -0.05) is 0 Å². The second-order valence-electron chi connectivity index (χ2n) is 9.58. The summed E-state index contributed by atoms with van der Waals surface area (Å²) >= 11 is 0. The topological polar surface area (TPSA) is 118 Å². The lowest BCUT2D eigenvalue weighted by atomic mass is 10.0. The number of nitriles is 1. The van der Waals surface area contributed by atoms with Crippen molar-refractivity contribution in [3.8, 4) is 6.07 Å². The fraction of sp³-hybridized carbons (Fsp3) is 0.560. The van der Waals surface area contributed by atoms with Gasteiger partial charge in [-0.3, -0.25) is 9.59 Å². The predicted octanol–water partition coefficient (Wildman–Crippen LogP) is 1.60. The molecule has 35 heavy (non-hydrogen) atoms. The smallest absolute Gasteiger partial charge is 0.269 e. The molecule has 0 saturated carbocycles. The number of hydrogen-bond acceptors (Lipinski definition) is 8. The Labute approximate surface area is 204 Å². The molecule has 3 saturated heterocycles. The molecule has 0 aliphatic carbocycles. The van der Waals surface area contributed by atoms with Gasteiger partial charge in [-0.25, -0.2) is 10.1 Å². The SMILES string of the molecule is Cc1c(N2CCC[C@H]2[C@@H]2CC[C@@H](CC(=O)N3CCN(c4ccc(C#N)cn4)CC3)O2)cn[nH]c1=O. The minimum Gasteiger partial charge on any atom is -0.372 e. The summed E-state index contributed by atoms with van der Waals surface area (Å²) in [5.41, 5.74) is 1.96. The molecular formula is C25H31N7O3. The molecule has 3 atom stereocenters. The number of aromatic nitrogens is 3. The van der Waals surface area contributed by atoms with E-state index in [0.717, 1.165) is 56.8 Å². The number of carbonyl (C=O) groups excluding carboxylic acids is 1. The van der Waals surface area contributed by atoms with Crippen LogP contribution in [0.25, 0.3) is 0 Å². The molecule has 3 aliphatic heterocycles. The van der Waals surface area contributed by atoms with Gasteiger partial charge in [0.25, 0.3) is 5.56 Å². The molecule has 184 valence electrons. The number of carbonyl (C=O) groups is 1. The van der Waals surface area contributed by atoms with Crippen molar-refractivity contribution >= 4 is 17.4 Å². The van der Waals surface area contributed by atoms with Crippen molar-refractivity contribution in [3.05, 3.63) is 46.0 Å². The summed E-state index contributed by atoms with van der Waals surface area (Å²) in [4.78, 5) is 35.7. The number of aromatic amines is 1. The molecule has 3 aliphatic rings. The zero-order chi connectivity index (χ0) is 24.4. The molecule has 0 bridgehead atoms. The number of nitrogens with one attached hydrogen (secondary N) is 1. The van der Waals surface area contributed by atoms with E-state index in [2.05, 4.69) is 31.1 Å². The zero-order valence-corrected chi connectivity index (χ0v) is 20.0. The number of rotatable bonds is 5. The molecule has 10 heteroatoms. The van der Waals surface area contributed by atoms with E-state index in [-0.39, 0.29) is 29.7 Å². The van der Waals surface area contributed by atoms with Gasteiger partial charge in [-0.05, 0) is 44.7 Å². The predicted molar refractivity (Wildman–Crippen MR) is 130 cm³/mol. The van der Waals surface area contributed by atoms with E-state index in [9.17, 15) is 9.59 Å². The summed E-state index contributed by atoms with van der Waals surface area (Å²) in [5.74, 6) is 0.978. The third kappa shape index (κ3) is 4.86. The minimum atomic E-state index is -0.154. The van der Waals surface area contributed by atoms with Gasteiger partial charge in [-0.2, -0.15) is 10.4 Å². The van der Waals surface area contributed by atoms with Crippen LogP contribution in [0.4, 0.5) is 11.5 Å². The van der Waals surface area contributed by atoms with Crippen LogP contribution < -0.4 is 15.4 Å². The van der Waals surface area contributed by atoms with Crippen molar-refractivity contribution in [2.75, 3.05) is 42.5 Å². The largest absolute Gasteiger partial charge is 0.372 e.